The first-order valence-electron chi connectivity index (χ1n) is 6.58. The number of thiazole rings is 1. The van der Waals surface area contributed by atoms with Gasteiger partial charge in [-0.15, -0.1) is 11.3 Å². The Morgan fingerprint density at radius 2 is 2.29 bits per heavy atom. The Bertz CT molecular complexity index is 374. The van der Waals surface area contributed by atoms with Gasteiger partial charge in [0.15, 0.2) is 0 Å². The van der Waals surface area contributed by atoms with Crippen molar-refractivity contribution in [3.8, 4) is 0 Å². The molecule has 17 heavy (non-hydrogen) atoms. The van der Waals surface area contributed by atoms with Gasteiger partial charge in [0.25, 0.3) is 0 Å². The molecule has 2 atom stereocenters. The zero-order chi connectivity index (χ0) is 12.5. The molecule has 1 saturated carbocycles. The third kappa shape index (κ3) is 2.55. The summed E-state index contributed by atoms with van der Waals surface area (Å²) in [6.45, 7) is 6.72. The maximum absolute atomic E-state index is 5.88. The first-order valence-corrected chi connectivity index (χ1v) is 7.46. The molecule has 0 radical (unpaired) electrons. The Kier molecular flexibility index (Phi) is 3.88. The van der Waals surface area contributed by atoms with E-state index in [9.17, 15) is 0 Å². The second kappa shape index (κ2) is 5.07. The molecule has 0 N–H and O–H groups in total. The van der Waals surface area contributed by atoms with E-state index in [1.54, 1.807) is 11.3 Å². The summed E-state index contributed by atoms with van der Waals surface area (Å²) in [7, 11) is 1.84. The fourth-order valence-corrected chi connectivity index (χ4v) is 3.93. The van der Waals surface area contributed by atoms with E-state index in [2.05, 4.69) is 26.2 Å². The van der Waals surface area contributed by atoms with Crippen molar-refractivity contribution >= 4 is 11.3 Å². The van der Waals surface area contributed by atoms with Crippen molar-refractivity contribution in [2.75, 3.05) is 7.11 Å². The van der Waals surface area contributed by atoms with Crippen LogP contribution >= 0.6 is 11.3 Å². The molecule has 1 fully saturated rings. The largest absolute Gasteiger partial charge is 0.371 e. The van der Waals surface area contributed by atoms with E-state index in [0.717, 1.165) is 18.8 Å². The zero-order valence-electron chi connectivity index (χ0n) is 11.3. The van der Waals surface area contributed by atoms with Crippen LogP contribution in [0.4, 0.5) is 0 Å². The molecule has 1 aliphatic rings. The quantitative estimate of drug-likeness (QED) is 0.800. The fourth-order valence-electron chi connectivity index (χ4n) is 2.73. The molecule has 1 aromatic rings. The fraction of sp³-hybridized carbons (Fsp3) is 0.786. The topological polar surface area (TPSA) is 22.1 Å². The molecular weight excluding hydrogens is 230 g/mol. The summed E-state index contributed by atoms with van der Waals surface area (Å²) in [5.41, 5.74) is 1.11. The Hall–Kier alpha value is -0.410. The van der Waals surface area contributed by atoms with Crippen LogP contribution in [-0.4, -0.2) is 12.1 Å². The van der Waals surface area contributed by atoms with Gasteiger partial charge in [0.1, 0.15) is 10.6 Å². The first kappa shape index (κ1) is 13.0. The van der Waals surface area contributed by atoms with Gasteiger partial charge in [0, 0.05) is 12.5 Å². The minimum absolute atomic E-state index is 0.102. The van der Waals surface area contributed by atoms with E-state index in [4.69, 9.17) is 9.72 Å². The van der Waals surface area contributed by atoms with Crippen LogP contribution in [0.15, 0.2) is 5.38 Å². The van der Waals surface area contributed by atoms with Crippen LogP contribution in [0, 0.1) is 5.92 Å². The van der Waals surface area contributed by atoms with Crippen molar-refractivity contribution in [3.63, 3.8) is 0 Å². The maximum atomic E-state index is 5.88. The minimum Gasteiger partial charge on any atom is -0.371 e. The first-order chi connectivity index (χ1) is 8.07. The smallest absolute Gasteiger partial charge is 0.125 e. The van der Waals surface area contributed by atoms with Crippen LogP contribution in [-0.2, 0) is 10.3 Å². The second-order valence-electron chi connectivity index (χ2n) is 5.63. The van der Waals surface area contributed by atoms with Gasteiger partial charge in [-0.3, -0.25) is 0 Å². The molecule has 2 rings (SSSR count). The van der Waals surface area contributed by atoms with Crippen LogP contribution in [0.5, 0.6) is 0 Å². The Labute approximate surface area is 108 Å². The number of aromatic nitrogens is 1. The third-order valence-corrected chi connectivity index (χ3v) is 4.90. The SMILES string of the molecule is COC1(c2nc(C(C)C)cs2)CCCC(C)C1. The number of rotatable bonds is 3. The molecule has 0 spiro atoms. The lowest BCUT2D eigenvalue weighted by Crippen LogP contribution is -2.34. The molecule has 1 aromatic heterocycles. The van der Waals surface area contributed by atoms with Gasteiger partial charge in [0.05, 0.1) is 5.69 Å². The predicted molar refractivity (Wildman–Crippen MR) is 72.5 cm³/mol. The molecule has 1 heterocycles. The van der Waals surface area contributed by atoms with E-state index in [1.165, 1.54) is 23.5 Å². The number of ether oxygens (including phenoxy) is 1. The molecule has 2 unspecified atom stereocenters. The highest BCUT2D eigenvalue weighted by molar-refractivity contribution is 7.09. The lowest BCUT2D eigenvalue weighted by molar-refractivity contribution is -0.0581. The van der Waals surface area contributed by atoms with Gasteiger partial charge < -0.3 is 4.74 Å². The van der Waals surface area contributed by atoms with E-state index in [0.29, 0.717) is 5.92 Å². The number of nitrogens with zero attached hydrogens (tertiary/aromatic N) is 1. The molecule has 0 bridgehead atoms. The number of hydrogen-bond acceptors (Lipinski definition) is 3. The van der Waals surface area contributed by atoms with Crippen molar-refractivity contribution in [3.05, 3.63) is 16.1 Å². The molecule has 1 aliphatic carbocycles. The van der Waals surface area contributed by atoms with E-state index < -0.39 is 0 Å². The normalized spacial score (nSPS) is 29.8. The lowest BCUT2D eigenvalue weighted by atomic mass is 9.79. The van der Waals surface area contributed by atoms with Crippen molar-refractivity contribution in [2.45, 2.75) is 58.0 Å². The molecule has 3 heteroatoms. The maximum Gasteiger partial charge on any atom is 0.125 e. The van der Waals surface area contributed by atoms with Gasteiger partial charge in [-0.25, -0.2) is 4.98 Å². The van der Waals surface area contributed by atoms with E-state index in [1.807, 2.05) is 7.11 Å². The Balaban J connectivity index is 2.26. The van der Waals surface area contributed by atoms with Crippen LogP contribution < -0.4 is 0 Å². The molecule has 2 nitrogen and oxygen atoms in total. The highest BCUT2D eigenvalue weighted by Crippen LogP contribution is 2.43. The van der Waals surface area contributed by atoms with E-state index in [-0.39, 0.29) is 5.60 Å². The van der Waals surface area contributed by atoms with Gasteiger partial charge in [-0.1, -0.05) is 27.2 Å². The number of methoxy groups -OCH3 is 1. The monoisotopic (exact) mass is 253 g/mol. The molecule has 0 aromatic carbocycles. The van der Waals surface area contributed by atoms with E-state index >= 15 is 0 Å². The van der Waals surface area contributed by atoms with Crippen LogP contribution in [0.2, 0.25) is 0 Å². The molecule has 0 aliphatic heterocycles. The lowest BCUT2D eigenvalue weighted by Gasteiger charge is -2.37. The van der Waals surface area contributed by atoms with Crippen molar-refractivity contribution < 1.29 is 4.74 Å². The van der Waals surface area contributed by atoms with Crippen LogP contribution in [0.25, 0.3) is 0 Å². The summed E-state index contributed by atoms with van der Waals surface area (Å²) < 4.78 is 5.88. The predicted octanol–water partition coefficient (Wildman–Crippen LogP) is 4.32. The summed E-state index contributed by atoms with van der Waals surface area (Å²) in [5.74, 6) is 1.25. The average molecular weight is 253 g/mol. The molecule has 0 amide bonds. The van der Waals surface area contributed by atoms with Crippen LogP contribution in [0.3, 0.4) is 0 Å². The van der Waals surface area contributed by atoms with Crippen LogP contribution in [0.1, 0.15) is 63.1 Å². The Morgan fingerprint density at radius 1 is 1.53 bits per heavy atom. The summed E-state index contributed by atoms with van der Waals surface area (Å²) in [6.07, 6.45) is 4.83. The highest BCUT2D eigenvalue weighted by atomic mass is 32.1. The summed E-state index contributed by atoms with van der Waals surface area (Å²) in [4.78, 5) is 4.80. The number of hydrogen-bond donors (Lipinski definition) is 0. The minimum atomic E-state index is -0.102. The standard InChI is InChI=1S/C14H23NOS/c1-10(2)12-9-17-13(15-12)14(16-4)7-5-6-11(3)8-14/h9-11H,5-8H2,1-4H3. The molecule has 0 saturated heterocycles. The average Bonchev–Trinajstić information content (AvgIpc) is 2.78. The van der Waals surface area contributed by atoms with Crippen molar-refractivity contribution in [1.29, 1.82) is 0 Å². The zero-order valence-corrected chi connectivity index (χ0v) is 12.1. The molecular formula is C14H23NOS. The summed E-state index contributed by atoms with van der Waals surface area (Å²) >= 11 is 1.77. The van der Waals surface area contributed by atoms with Crippen molar-refractivity contribution in [2.24, 2.45) is 5.92 Å². The Morgan fingerprint density at radius 3 is 2.82 bits per heavy atom. The second-order valence-corrected chi connectivity index (χ2v) is 6.49. The van der Waals surface area contributed by atoms with Gasteiger partial charge in [-0.2, -0.15) is 0 Å². The summed E-state index contributed by atoms with van der Waals surface area (Å²) in [5, 5.41) is 3.38. The molecule has 96 valence electrons. The summed E-state index contributed by atoms with van der Waals surface area (Å²) in [6, 6.07) is 0. The third-order valence-electron chi connectivity index (χ3n) is 3.85. The highest BCUT2D eigenvalue weighted by Gasteiger charge is 2.39. The van der Waals surface area contributed by atoms with Gasteiger partial charge >= 0.3 is 0 Å². The van der Waals surface area contributed by atoms with Gasteiger partial charge in [0.2, 0.25) is 0 Å². The van der Waals surface area contributed by atoms with Crippen molar-refractivity contribution in [1.82, 2.24) is 4.98 Å². The van der Waals surface area contributed by atoms with Gasteiger partial charge in [-0.05, 0) is 31.1 Å².